The maximum absolute atomic E-state index is 14.0. The van der Waals surface area contributed by atoms with Crippen LogP contribution in [0.3, 0.4) is 0 Å². The van der Waals surface area contributed by atoms with Crippen LogP contribution in [0.4, 0.5) is 26.4 Å². The van der Waals surface area contributed by atoms with Gasteiger partial charge in [-0.3, -0.25) is 14.5 Å². The van der Waals surface area contributed by atoms with Gasteiger partial charge in [0.1, 0.15) is 5.82 Å². The molecule has 3 aromatic rings. The van der Waals surface area contributed by atoms with Gasteiger partial charge in [0, 0.05) is 23.1 Å². The molecule has 3 heterocycles. The number of amides is 2. The van der Waals surface area contributed by atoms with E-state index in [9.17, 15) is 18.8 Å². The monoisotopic (exact) mass is 493 g/mol. The second-order valence-electron chi connectivity index (χ2n) is 9.29. The highest BCUT2D eigenvalue weighted by atomic mass is 19.1. The Balaban J connectivity index is 1.75. The summed E-state index contributed by atoms with van der Waals surface area (Å²) in [6, 6.07) is 12.6. The molecule has 1 aliphatic heterocycles. The number of fused-ring (bicyclic) bond motifs is 1. The molecule has 0 saturated heterocycles. The number of carbonyl (C=O) groups excluding carboxylic acids is 3. The molecule has 1 aromatic carbocycles. The van der Waals surface area contributed by atoms with E-state index in [0.717, 1.165) is 19.5 Å². The summed E-state index contributed by atoms with van der Waals surface area (Å²) in [5.74, 6) is -0.912. The van der Waals surface area contributed by atoms with Crippen LogP contribution in [-0.2, 0) is 16.1 Å². The van der Waals surface area contributed by atoms with Gasteiger partial charge in [-0.2, -0.15) is 0 Å². The number of alkyl halides is 1. The van der Waals surface area contributed by atoms with Gasteiger partial charge in [-0.15, -0.1) is 0 Å². The number of pyridine rings is 1. The largest absolute Gasteiger partial charge is 0.447 e. The van der Waals surface area contributed by atoms with Gasteiger partial charge in [-0.1, -0.05) is 18.2 Å². The Morgan fingerprint density at radius 2 is 1.89 bits per heavy atom. The number of Topliss-reactive ketones (excluding diaryl/α,β-unsaturated/α-hetero) is 1. The summed E-state index contributed by atoms with van der Waals surface area (Å²) in [4.78, 5) is 46.6. The zero-order chi connectivity index (χ0) is 26.0. The van der Waals surface area contributed by atoms with Crippen molar-refractivity contribution < 1.29 is 23.5 Å². The van der Waals surface area contributed by atoms with Crippen LogP contribution in [0, 0.1) is 0 Å². The number of nitrogens with zero attached hydrogens (tertiary/aromatic N) is 2. The Morgan fingerprint density at radius 1 is 1.17 bits per heavy atom. The zero-order valence-corrected chi connectivity index (χ0v) is 20.5. The quantitative estimate of drug-likeness (QED) is 0.443. The number of halogens is 1. The van der Waals surface area contributed by atoms with E-state index in [0.29, 0.717) is 28.2 Å². The maximum atomic E-state index is 14.0. The summed E-state index contributed by atoms with van der Waals surface area (Å²) in [5, 5.41) is 5.79. The average Bonchev–Trinajstić information content (AvgIpc) is 3.17. The lowest BCUT2D eigenvalue weighted by Gasteiger charge is -2.26. The molecule has 0 saturated carbocycles. The molecule has 9 nitrogen and oxygen atoms in total. The van der Waals surface area contributed by atoms with Gasteiger partial charge in [-0.05, 0) is 52.0 Å². The Labute approximate surface area is 208 Å². The van der Waals surface area contributed by atoms with Crippen molar-refractivity contribution in [2.24, 2.45) is 0 Å². The molecule has 0 atom stereocenters. The Morgan fingerprint density at radius 3 is 2.56 bits per heavy atom. The van der Waals surface area contributed by atoms with Crippen LogP contribution in [0.1, 0.15) is 43.7 Å². The van der Waals surface area contributed by atoms with E-state index in [1.54, 1.807) is 26.0 Å². The van der Waals surface area contributed by atoms with Crippen molar-refractivity contribution in [3.63, 3.8) is 0 Å². The minimum absolute atomic E-state index is 0.122. The van der Waals surface area contributed by atoms with E-state index in [2.05, 4.69) is 20.6 Å². The molecule has 1 aliphatic rings. The summed E-state index contributed by atoms with van der Waals surface area (Å²) in [6.07, 6.45) is 0.597. The molecule has 36 heavy (non-hydrogen) atoms. The number of H-pyrrole nitrogens is 1. The molecule has 0 aliphatic carbocycles. The van der Waals surface area contributed by atoms with Gasteiger partial charge in [0.15, 0.2) is 11.5 Å². The van der Waals surface area contributed by atoms with Crippen molar-refractivity contribution in [1.29, 1.82) is 0 Å². The predicted molar refractivity (Wildman–Crippen MR) is 134 cm³/mol. The number of anilines is 3. The van der Waals surface area contributed by atoms with Crippen molar-refractivity contribution in [3.05, 3.63) is 59.9 Å². The van der Waals surface area contributed by atoms with E-state index in [1.807, 2.05) is 30.3 Å². The summed E-state index contributed by atoms with van der Waals surface area (Å²) >= 11 is 0. The smallest absolute Gasteiger partial charge is 0.410 e. The summed E-state index contributed by atoms with van der Waals surface area (Å²) in [6.45, 7) is 5.84. The molecule has 10 heteroatoms. The van der Waals surface area contributed by atoms with E-state index >= 15 is 0 Å². The minimum Gasteiger partial charge on any atom is -0.447 e. The number of rotatable bonds is 6. The lowest BCUT2D eigenvalue weighted by atomic mass is 10.0. The number of nitrogens with one attached hydrogen (secondary N) is 3. The maximum Gasteiger partial charge on any atom is 0.410 e. The molecule has 0 fully saturated rings. The van der Waals surface area contributed by atoms with Crippen LogP contribution in [0.15, 0.2) is 48.7 Å². The normalized spacial score (nSPS) is 13.4. The fraction of sp³-hybridized carbons (Fsp3) is 0.308. The number of ether oxygens (including phenoxy) is 1. The van der Waals surface area contributed by atoms with Crippen molar-refractivity contribution >= 4 is 35.0 Å². The Kier molecular flexibility index (Phi) is 6.78. The molecule has 0 bridgehead atoms. The zero-order valence-electron chi connectivity index (χ0n) is 20.5. The Hall–Kier alpha value is -4.21. The summed E-state index contributed by atoms with van der Waals surface area (Å²) < 4.78 is 19.3. The predicted octanol–water partition coefficient (Wildman–Crippen LogP) is 5.05. The minimum atomic E-state index is -2.08. The highest BCUT2D eigenvalue weighted by molar-refractivity contribution is 6.09. The van der Waals surface area contributed by atoms with Gasteiger partial charge in [0.2, 0.25) is 0 Å². The number of benzene rings is 1. The van der Waals surface area contributed by atoms with Gasteiger partial charge in [0.05, 0.1) is 36.1 Å². The number of carbonyl (C=O) groups is 3. The average molecular weight is 494 g/mol. The topological polar surface area (TPSA) is 116 Å². The molecular formula is C26H28FN5O4. The highest BCUT2D eigenvalue weighted by Crippen LogP contribution is 2.38. The number of para-hydroxylation sites is 1. The van der Waals surface area contributed by atoms with Crippen molar-refractivity contribution in [2.75, 3.05) is 17.2 Å². The van der Waals surface area contributed by atoms with Crippen LogP contribution in [-0.4, -0.2) is 51.0 Å². The molecule has 2 amide bonds. The third-order valence-electron chi connectivity index (χ3n) is 5.51. The van der Waals surface area contributed by atoms with Crippen molar-refractivity contribution in [2.45, 2.75) is 46.0 Å². The fourth-order valence-corrected chi connectivity index (χ4v) is 3.81. The molecule has 2 aromatic heterocycles. The van der Waals surface area contributed by atoms with Crippen molar-refractivity contribution in [3.8, 4) is 11.3 Å². The van der Waals surface area contributed by atoms with Gasteiger partial charge < -0.3 is 20.4 Å². The number of hydrogen-bond donors (Lipinski definition) is 3. The lowest BCUT2D eigenvalue weighted by Crippen LogP contribution is -2.40. The Bertz CT molecular complexity index is 1300. The molecule has 4 rings (SSSR count). The van der Waals surface area contributed by atoms with Gasteiger partial charge >= 0.3 is 6.09 Å². The number of aromatic nitrogens is 2. The first-order valence-electron chi connectivity index (χ1n) is 11.6. The molecular weight excluding hydrogens is 465 g/mol. The first kappa shape index (κ1) is 24.9. The number of hydrogen-bond acceptors (Lipinski definition) is 6. The summed E-state index contributed by atoms with van der Waals surface area (Å²) in [7, 11) is 0. The van der Waals surface area contributed by atoms with Gasteiger partial charge in [-0.25, -0.2) is 14.2 Å². The van der Waals surface area contributed by atoms with E-state index in [1.165, 1.54) is 11.1 Å². The van der Waals surface area contributed by atoms with Crippen LogP contribution >= 0.6 is 0 Å². The van der Waals surface area contributed by atoms with Crippen LogP contribution < -0.4 is 10.6 Å². The first-order chi connectivity index (χ1) is 17.0. The lowest BCUT2D eigenvalue weighted by molar-refractivity contribution is -0.125. The van der Waals surface area contributed by atoms with Crippen molar-refractivity contribution in [1.82, 2.24) is 14.9 Å². The molecule has 3 N–H and O–H groups in total. The van der Waals surface area contributed by atoms with Crippen LogP contribution in [0.25, 0.3) is 11.3 Å². The van der Waals surface area contributed by atoms with E-state index in [-0.39, 0.29) is 30.8 Å². The fourth-order valence-electron chi connectivity index (χ4n) is 3.81. The third kappa shape index (κ3) is 5.37. The van der Waals surface area contributed by atoms with Crippen LogP contribution in [0.5, 0.6) is 0 Å². The van der Waals surface area contributed by atoms with E-state index < -0.39 is 17.7 Å². The molecule has 188 valence electrons. The van der Waals surface area contributed by atoms with E-state index in [4.69, 9.17) is 4.74 Å². The second kappa shape index (κ2) is 9.80. The highest BCUT2D eigenvalue weighted by Gasteiger charge is 2.34. The molecule has 0 spiro atoms. The molecule has 0 radical (unpaired) electrons. The molecule has 0 unspecified atom stereocenters. The SMILES string of the molecule is CC(C)OC(=O)N1CC(=O)c2c([nH]c(-c3ccnc(NC(=O)C(C)(C)F)c3)c2Nc2ccccc2)C1. The third-order valence-corrected chi connectivity index (χ3v) is 5.51. The number of aromatic amines is 1. The van der Waals surface area contributed by atoms with Gasteiger partial charge in [0.25, 0.3) is 5.91 Å². The first-order valence-corrected chi connectivity index (χ1v) is 11.6. The van der Waals surface area contributed by atoms with Crippen LogP contribution in [0.2, 0.25) is 0 Å². The standard InChI is InChI=1S/C26H28FN5O4/c1-15(2)36-25(35)32-13-18-21(19(33)14-32)23(29-17-8-6-5-7-9-17)22(30-18)16-10-11-28-20(12-16)31-24(34)26(3,4)27/h5-12,15,29-30H,13-14H2,1-4H3,(H,28,31,34). The number of ketones is 1. The second-order valence-corrected chi connectivity index (χ2v) is 9.29. The summed E-state index contributed by atoms with van der Waals surface area (Å²) in [5.41, 5.74) is 1.37.